The van der Waals surface area contributed by atoms with Gasteiger partial charge in [-0.2, -0.15) is 0 Å². The van der Waals surface area contributed by atoms with E-state index in [0.717, 1.165) is 30.8 Å². The molecule has 0 bridgehead atoms. The number of nitrogens with one attached hydrogen (secondary N) is 1. The molecule has 2 aliphatic rings. The fraction of sp³-hybridized carbons (Fsp3) is 0.367. The second-order valence-electron chi connectivity index (χ2n) is 11.3. The number of ether oxygens (including phenoxy) is 1. The number of carbonyl (C=O) groups excluding carboxylic acids is 1. The summed E-state index contributed by atoms with van der Waals surface area (Å²) in [7, 11) is 1.60. The van der Waals surface area contributed by atoms with E-state index < -0.39 is 11.6 Å². The highest BCUT2D eigenvalue weighted by atomic mass is 16.5. The third kappa shape index (κ3) is 4.97. The minimum absolute atomic E-state index is 0.0166. The number of benzene rings is 1. The number of nitrogens with zero attached hydrogens (tertiary/aromatic N) is 6. The third-order valence-electron chi connectivity index (χ3n) is 8.35. The monoisotopic (exact) mass is 555 g/mol. The molecule has 0 unspecified atom stereocenters. The number of aromatic nitrogens is 4. The summed E-state index contributed by atoms with van der Waals surface area (Å²) in [4.78, 5) is 37.3. The maximum Gasteiger partial charge on any atom is 0.354 e. The zero-order chi connectivity index (χ0) is 28.8. The van der Waals surface area contributed by atoms with Crippen molar-refractivity contribution in [3.05, 3.63) is 83.4 Å². The van der Waals surface area contributed by atoms with Crippen molar-refractivity contribution in [3.63, 3.8) is 0 Å². The van der Waals surface area contributed by atoms with Crippen molar-refractivity contribution in [2.24, 2.45) is 0 Å². The van der Waals surface area contributed by atoms with E-state index in [-0.39, 0.29) is 29.4 Å². The number of carboxylic acids is 1. The molecule has 0 aliphatic carbocycles. The minimum Gasteiger partial charge on any atom is -0.477 e. The molecule has 11 nitrogen and oxygen atoms in total. The summed E-state index contributed by atoms with van der Waals surface area (Å²) in [6.07, 6.45) is 3.00. The highest BCUT2D eigenvalue weighted by Crippen LogP contribution is 2.36. The summed E-state index contributed by atoms with van der Waals surface area (Å²) in [5, 5.41) is 16.6. The predicted molar refractivity (Wildman–Crippen MR) is 154 cm³/mol. The average molecular weight is 556 g/mol. The van der Waals surface area contributed by atoms with Crippen LogP contribution in [0.1, 0.15) is 45.6 Å². The summed E-state index contributed by atoms with van der Waals surface area (Å²) in [6, 6.07) is 17.6. The lowest BCUT2D eigenvalue weighted by Gasteiger charge is -2.49. The van der Waals surface area contributed by atoms with Crippen molar-refractivity contribution >= 4 is 29.0 Å². The molecule has 2 saturated heterocycles. The molecule has 3 aromatic heterocycles. The number of rotatable bonds is 8. The van der Waals surface area contributed by atoms with E-state index in [4.69, 9.17) is 4.74 Å². The largest absolute Gasteiger partial charge is 0.477 e. The second kappa shape index (κ2) is 10.2. The van der Waals surface area contributed by atoms with Gasteiger partial charge < -0.3 is 25.0 Å². The third-order valence-corrected chi connectivity index (χ3v) is 8.35. The molecule has 2 N–H and O–H groups in total. The molecule has 6 rings (SSSR count). The number of fused-ring (bicyclic) bond motifs is 1. The van der Waals surface area contributed by atoms with E-state index in [0.29, 0.717) is 24.6 Å². The first-order valence-corrected chi connectivity index (χ1v) is 13.6. The van der Waals surface area contributed by atoms with Crippen LogP contribution in [0, 0.1) is 6.92 Å². The van der Waals surface area contributed by atoms with E-state index in [1.54, 1.807) is 23.8 Å². The fourth-order valence-corrected chi connectivity index (χ4v) is 5.82. The number of carbonyl (C=O) groups is 2. The van der Waals surface area contributed by atoms with Crippen LogP contribution in [0.2, 0.25) is 0 Å². The first kappa shape index (κ1) is 26.7. The summed E-state index contributed by atoms with van der Waals surface area (Å²) in [5.74, 6) is -0.808. The molecule has 1 atom stereocenters. The van der Waals surface area contributed by atoms with Crippen molar-refractivity contribution in [2.45, 2.75) is 31.3 Å². The number of anilines is 2. The number of pyridine rings is 2. The number of amides is 1. The molecule has 41 heavy (non-hydrogen) atoms. The smallest absolute Gasteiger partial charge is 0.354 e. The Morgan fingerprint density at radius 1 is 1.05 bits per heavy atom. The van der Waals surface area contributed by atoms with Crippen LogP contribution >= 0.6 is 0 Å². The van der Waals surface area contributed by atoms with Gasteiger partial charge in [-0.05, 0) is 42.7 Å². The van der Waals surface area contributed by atoms with Gasteiger partial charge in [0, 0.05) is 25.6 Å². The maximum atomic E-state index is 13.1. The van der Waals surface area contributed by atoms with Crippen LogP contribution in [0.4, 0.5) is 11.5 Å². The van der Waals surface area contributed by atoms with Crippen LogP contribution in [-0.4, -0.2) is 82.0 Å². The first-order chi connectivity index (χ1) is 19.7. The molecule has 2 aliphatic heterocycles. The molecule has 1 amide bonds. The zero-order valence-corrected chi connectivity index (χ0v) is 23.4. The Balaban J connectivity index is 1.12. The molecule has 5 heterocycles. The molecule has 0 saturated carbocycles. The SMILES string of the molecule is COC1(CNC(=O)c2nc3c(C)cc(N4CC[C@](C)(c5ccccc5)C4)cn3n2)CN(c2cccc(C(=O)O)n2)C1. The molecular weight excluding hydrogens is 522 g/mol. The Kier molecular flexibility index (Phi) is 6.61. The summed E-state index contributed by atoms with van der Waals surface area (Å²) < 4.78 is 7.43. The average Bonchev–Trinajstić information content (AvgIpc) is 3.58. The van der Waals surface area contributed by atoms with Gasteiger partial charge in [-0.25, -0.2) is 19.3 Å². The number of methoxy groups -OCH3 is 1. The highest BCUT2D eigenvalue weighted by molar-refractivity contribution is 5.91. The molecule has 4 aromatic rings. The van der Waals surface area contributed by atoms with Crippen molar-refractivity contribution < 1.29 is 19.4 Å². The number of aromatic carboxylic acids is 1. The van der Waals surface area contributed by atoms with E-state index in [9.17, 15) is 14.7 Å². The number of hydrogen-bond donors (Lipinski definition) is 2. The number of aryl methyl sites for hydroxylation is 1. The second-order valence-corrected chi connectivity index (χ2v) is 11.3. The van der Waals surface area contributed by atoms with Crippen LogP contribution in [0.3, 0.4) is 0 Å². The van der Waals surface area contributed by atoms with Crippen LogP contribution in [-0.2, 0) is 10.2 Å². The van der Waals surface area contributed by atoms with Gasteiger partial charge in [0.25, 0.3) is 5.91 Å². The molecule has 1 aromatic carbocycles. The summed E-state index contributed by atoms with van der Waals surface area (Å²) >= 11 is 0. The van der Waals surface area contributed by atoms with Gasteiger partial charge >= 0.3 is 5.97 Å². The van der Waals surface area contributed by atoms with E-state index >= 15 is 0 Å². The van der Waals surface area contributed by atoms with Gasteiger partial charge in [-0.15, -0.1) is 5.10 Å². The summed E-state index contributed by atoms with van der Waals surface area (Å²) in [6.45, 7) is 7.29. The zero-order valence-electron chi connectivity index (χ0n) is 23.4. The lowest BCUT2D eigenvalue weighted by molar-refractivity contribution is -0.0307. The Hall–Kier alpha value is -4.51. The molecule has 212 valence electrons. The van der Waals surface area contributed by atoms with Gasteiger partial charge in [0.15, 0.2) is 11.3 Å². The molecular formula is C30H33N7O4. The van der Waals surface area contributed by atoms with Gasteiger partial charge in [0.1, 0.15) is 11.4 Å². The first-order valence-electron chi connectivity index (χ1n) is 13.6. The Bertz CT molecular complexity index is 1620. The quantitative estimate of drug-likeness (QED) is 0.338. The van der Waals surface area contributed by atoms with Crippen molar-refractivity contribution in [1.82, 2.24) is 24.9 Å². The van der Waals surface area contributed by atoms with Crippen LogP contribution < -0.4 is 15.1 Å². The lowest BCUT2D eigenvalue weighted by Crippen LogP contribution is -2.67. The van der Waals surface area contributed by atoms with Gasteiger partial charge in [0.05, 0.1) is 31.5 Å². The van der Waals surface area contributed by atoms with Crippen molar-refractivity contribution in [2.75, 3.05) is 49.6 Å². The Morgan fingerprint density at radius 2 is 1.83 bits per heavy atom. The standard InChI is InChI=1S/C30H33N7O4/c1-20-14-22(35-13-12-29(2,17-35)21-8-5-4-6-9-21)15-37-26(20)33-25(34-37)27(38)31-16-30(41-3)18-36(19-30)24-11-7-10-23(32-24)28(39)40/h4-11,14-15H,12-13,16-19H2,1-3H3,(H,31,38)(H,39,40)/t29-/m0/s1. The molecule has 2 fully saturated rings. The molecule has 0 spiro atoms. The molecule has 0 radical (unpaired) electrons. The fourth-order valence-electron chi connectivity index (χ4n) is 5.82. The van der Waals surface area contributed by atoms with Gasteiger partial charge in [-0.1, -0.05) is 43.3 Å². The maximum absolute atomic E-state index is 13.1. The van der Waals surface area contributed by atoms with Gasteiger partial charge in [0.2, 0.25) is 5.82 Å². The summed E-state index contributed by atoms with van der Waals surface area (Å²) in [5.41, 5.74) is 3.41. The topological polar surface area (TPSA) is 125 Å². The van der Waals surface area contributed by atoms with Crippen molar-refractivity contribution in [3.8, 4) is 0 Å². The highest BCUT2D eigenvalue weighted by Gasteiger charge is 2.44. The van der Waals surface area contributed by atoms with Gasteiger partial charge in [-0.3, -0.25) is 4.79 Å². The van der Waals surface area contributed by atoms with Crippen LogP contribution in [0.15, 0.2) is 60.8 Å². The lowest BCUT2D eigenvalue weighted by atomic mass is 9.82. The van der Waals surface area contributed by atoms with Crippen LogP contribution in [0.25, 0.3) is 5.65 Å². The number of carboxylic acid groups (broad SMARTS) is 1. The Labute approximate surface area is 237 Å². The normalized spacial score (nSPS) is 19.8. The van der Waals surface area contributed by atoms with Crippen LogP contribution in [0.5, 0.6) is 0 Å². The Morgan fingerprint density at radius 3 is 2.56 bits per heavy atom. The van der Waals surface area contributed by atoms with Crippen molar-refractivity contribution in [1.29, 1.82) is 0 Å². The predicted octanol–water partition coefficient (Wildman–Crippen LogP) is 2.93. The molecule has 11 heteroatoms. The van der Waals surface area contributed by atoms with E-state index in [1.165, 1.54) is 11.6 Å². The van der Waals surface area contributed by atoms with E-state index in [1.807, 2.05) is 24.1 Å². The van der Waals surface area contributed by atoms with E-state index in [2.05, 4.69) is 62.5 Å². The minimum atomic E-state index is -1.08. The number of hydrogen-bond acceptors (Lipinski definition) is 8.